The molecule has 1 aromatic rings. The Bertz CT molecular complexity index is 1600. The van der Waals surface area contributed by atoms with E-state index in [9.17, 15) is 73.2 Å². The summed E-state index contributed by atoms with van der Waals surface area (Å²) in [6.45, 7) is -0.159. The fourth-order valence-corrected chi connectivity index (χ4v) is 4.63. The molecule has 23 nitrogen and oxygen atoms in total. The van der Waals surface area contributed by atoms with Gasteiger partial charge in [-0.05, 0) is 37.7 Å². The lowest BCUT2D eigenvalue weighted by atomic mass is 10.1. The van der Waals surface area contributed by atoms with Gasteiger partial charge in [-0.2, -0.15) is 0 Å². The first kappa shape index (κ1) is 47.2. The van der Waals surface area contributed by atoms with E-state index in [-0.39, 0.29) is 6.61 Å². The molecular formula is C33H43N5O18. The number of aliphatic carboxylic acids is 6. The van der Waals surface area contributed by atoms with Crippen molar-refractivity contribution in [1.29, 1.82) is 0 Å². The van der Waals surface area contributed by atoms with Crippen molar-refractivity contribution >= 4 is 65.5 Å². The number of rotatable bonds is 27. The van der Waals surface area contributed by atoms with Gasteiger partial charge in [0, 0.05) is 32.1 Å². The normalized spacial score (nSPS) is 13.2. The zero-order chi connectivity index (χ0) is 42.4. The summed E-state index contributed by atoms with van der Waals surface area (Å²) in [4.78, 5) is 130. The minimum Gasteiger partial charge on any atom is -0.481 e. The molecule has 0 spiro atoms. The number of benzene rings is 1. The second-order valence-corrected chi connectivity index (χ2v) is 12.0. The van der Waals surface area contributed by atoms with Crippen molar-refractivity contribution in [3.8, 4) is 0 Å². The van der Waals surface area contributed by atoms with Crippen LogP contribution in [0.15, 0.2) is 30.3 Å². The molecule has 0 aliphatic heterocycles. The summed E-state index contributed by atoms with van der Waals surface area (Å²) in [5.74, 6) is -13.0. The summed E-state index contributed by atoms with van der Waals surface area (Å²) in [5, 5.41) is 66.1. The van der Waals surface area contributed by atoms with Crippen LogP contribution in [0.1, 0.15) is 69.8 Å². The molecule has 0 radical (unpaired) electrons. The van der Waals surface area contributed by atoms with Crippen LogP contribution in [0.2, 0.25) is 0 Å². The first-order valence-electron chi connectivity index (χ1n) is 16.8. The van der Waals surface area contributed by atoms with Gasteiger partial charge in [-0.25, -0.2) is 28.8 Å². The number of carbonyl (C=O) groups is 11. The number of carbonyl (C=O) groups excluding carboxylic acids is 5. The topological polar surface area (TPSA) is 379 Å². The highest BCUT2D eigenvalue weighted by atomic mass is 16.5. The van der Waals surface area contributed by atoms with Crippen molar-refractivity contribution in [2.24, 2.45) is 0 Å². The minimum atomic E-state index is -1.71. The predicted octanol–water partition coefficient (Wildman–Crippen LogP) is -1.37. The molecule has 0 saturated carbocycles. The molecule has 5 atom stereocenters. The highest BCUT2D eigenvalue weighted by molar-refractivity contribution is 5.88. The van der Waals surface area contributed by atoms with Gasteiger partial charge in [-0.1, -0.05) is 30.3 Å². The summed E-state index contributed by atoms with van der Waals surface area (Å²) in [5.41, 5.74) is 0.628. The molecule has 1 aromatic carbocycles. The number of carboxylic acid groups (broad SMARTS) is 6. The van der Waals surface area contributed by atoms with Crippen molar-refractivity contribution in [2.45, 2.75) is 101 Å². The molecule has 5 amide bonds. The maximum atomic E-state index is 12.5. The molecule has 0 aromatic heterocycles. The third kappa shape index (κ3) is 19.9. The van der Waals surface area contributed by atoms with Crippen molar-refractivity contribution in [3.63, 3.8) is 0 Å². The van der Waals surface area contributed by atoms with E-state index in [1.165, 1.54) is 0 Å². The van der Waals surface area contributed by atoms with Gasteiger partial charge in [0.15, 0.2) is 0 Å². The monoisotopic (exact) mass is 797 g/mol. The van der Waals surface area contributed by atoms with Crippen LogP contribution >= 0.6 is 0 Å². The number of hydrogen-bond acceptors (Lipinski definition) is 12. The number of hydrogen-bond donors (Lipinski definition) is 11. The highest BCUT2D eigenvalue weighted by Gasteiger charge is 2.28. The van der Waals surface area contributed by atoms with Crippen LogP contribution in [0.5, 0.6) is 0 Å². The summed E-state index contributed by atoms with van der Waals surface area (Å²) < 4.78 is 4.95. The Labute approximate surface area is 317 Å². The van der Waals surface area contributed by atoms with Crippen LogP contribution in [0.25, 0.3) is 0 Å². The third-order valence-electron chi connectivity index (χ3n) is 7.62. The number of alkyl carbamates (subject to hydrolysis) is 1. The van der Waals surface area contributed by atoms with E-state index >= 15 is 0 Å². The Morgan fingerprint density at radius 3 is 1.00 bits per heavy atom. The molecule has 0 bridgehead atoms. The quantitative estimate of drug-likeness (QED) is 0.0489. The molecule has 0 aliphatic rings. The SMILES string of the molecule is O=C(O)CC[C@H](NC(=O)CC[C@H](NC(=O)CC[C@H](NC(=O)CC[C@H](NC(=O)CC[C@H](NC(=O)OCc1ccccc1)C(=O)O)C(=O)O)C(=O)O)C(=O)O)C(=O)O. The Morgan fingerprint density at radius 1 is 0.429 bits per heavy atom. The van der Waals surface area contributed by atoms with E-state index < -0.39 is 160 Å². The average Bonchev–Trinajstić information content (AvgIpc) is 3.12. The van der Waals surface area contributed by atoms with Gasteiger partial charge in [0.25, 0.3) is 0 Å². The molecule has 23 heteroatoms. The number of nitrogens with one attached hydrogen (secondary N) is 5. The molecular weight excluding hydrogens is 754 g/mol. The molecule has 11 N–H and O–H groups in total. The number of amides is 5. The van der Waals surface area contributed by atoms with Gasteiger partial charge in [-0.3, -0.25) is 24.0 Å². The molecule has 56 heavy (non-hydrogen) atoms. The number of ether oxygens (including phenoxy) is 1. The van der Waals surface area contributed by atoms with Crippen molar-refractivity contribution in [1.82, 2.24) is 26.6 Å². The van der Waals surface area contributed by atoms with Gasteiger partial charge in [0.1, 0.15) is 36.8 Å². The van der Waals surface area contributed by atoms with Crippen LogP contribution in [0.3, 0.4) is 0 Å². The molecule has 1 rings (SSSR count). The zero-order valence-electron chi connectivity index (χ0n) is 29.6. The van der Waals surface area contributed by atoms with E-state index in [0.717, 1.165) is 0 Å². The van der Waals surface area contributed by atoms with Gasteiger partial charge >= 0.3 is 41.9 Å². The smallest absolute Gasteiger partial charge is 0.408 e. The van der Waals surface area contributed by atoms with Crippen LogP contribution in [-0.2, 0) is 59.3 Å². The maximum absolute atomic E-state index is 12.5. The molecule has 0 aliphatic carbocycles. The summed E-state index contributed by atoms with van der Waals surface area (Å²) in [7, 11) is 0. The predicted molar refractivity (Wildman–Crippen MR) is 183 cm³/mol. The second-order valence-electron chi connectivity index (χ2n) is 12.0. The fourth-order valence-electron chi connectivity index (χ4n) is 4.63. The average molecular weight is 798 g/mol. The Balaban J connectivity index is 2.61. The van der Waals surface area contributed by atoms with Gasteiger partial charge in [0.2, 0.25) is 23.6 Å². The summed E-state index contributed by atoms with van der Waals surface area (Å²) in [6, 6.07) is 0.256. The molecule has 0 saturated heterocycles. The largest absolute Gasteiger partial charge is 0.481 e. The summed E-state index contributed by atoms with van der Waals surface area (Å²) >= 11 is 0. The molecule has 0 heterocycles. The van der Waals surface area contributed by atoms with Crippen molar-refractivity contribution in [2.75, 3.05) is 0 Å². The highest BCUT2D eigenvalue weighted by Crippen LogP contribution is 2.08. The van der Waals surface area contributed by atoms with Gasteiger partial charge < -0.3 is 62.0 Å². The van der Waals surface area contributed by atoms with E-state index in [1.54, 1.807) is 30.3 Å². The van der Waals surface area contributed by atoms with Crippen molar-refractivity contribution < 1.29 is 88.1 Å². The zero-order valence-corrected chi connectivity index (χ0v) is 29.6. The first-order chi connectivity index (χ1) is 26.3. The Kier molecular flexibility index (Phi) is 20.7. The van der Waals surface area contributed by atoms with Crippen LogP contribution < -0.4 is 26.6 Å². The molecule has 0 fully saturated rings. The maximum Gasteiger partial charge on any atom is 0.408 e. The van der Waals surface area contributed by atoms with E-state index in [2.05, 4.69) is 21.3 Å². The van der Waals surface area contributed by atoms with Gasteiger partial charge in [0.05, 0.1) is 0 Å². The van der Waals surface area contributed by atoms with Crippen LogP contribution in [0, 0.1) is 0 Å². The second kappa shape index (κ2) is 24.5. The third-order valence-corrected chi connectivity index (χ3v) is 7.62. The first-order valence-corrected chi connectivity index (χ1v) is 16.8. The van der Waals surface area contributed by atoms with Crippen LogP contribution in [0.4, 0.5) is 4.79 Å². The minimum absolute atomic E-state index is 0.159. The summed E-state index contributed by atoms with van der Waals surface area (Å²) in [6.07, 6.45) is -6.64. The molecule has 308 valence electrons. The number of carboxylic acids is 6. The van der Waals surface area contributed by atoms with Crippen LogP contribution in [-0.4, -0.2) is 126 Å². The lowest BCUT2D eigenvalue weighted by Gasteiger charge is -2.19. The van der Waals surface area contributed by atoms with Gasteiger partial charge in [-0.15, -0.1) is 0 Å². The van der Waals surface area contributed by atoms with Crippen molar-refractivity contribution in [3.05, 3.63) is 35.9 Å². The Hall–Kier alpha value is -6.81. The Morgan fingerprint density at radius 2 is 0.714 bits per heavy atom. The van der Waals surface area contributed by atoms with E-state index in [4.69, 9.17) is 14.9 Å². The molecule has 0 unspecified atom stereocenters. The standard InChI is InChI=1S/C33H43N5O18/c39-23(35-19(29(47)48)8-13-25(41)37-21(31(51)52)10-15-27(43)44)11-6-18(28(45)46)34-24(40)12-7-20(30(49)50)36-26(42)14-9-22(32(53)54)38-33(55)56-16-17-4-2-1-3-5-17/h1-5,18-22H,6-16H2,(H,34,40)(H,35,39)(H,36,42)(H,37,41)(H,38,55)(H,43,44)(H,45,46)(H,47,48)(H,49,50)(H,51,52)(H,53,54)/t18-,19-,20-,21-,22-/m0/s1. The lowest BCUT2D eigenvalue weighted by molar-refractivity contribution is -0.144. The lowest BCUT2D eigenvalue weighted by Crippen LogP contribution is -2.46. The van der Waals surface area contributed by atoms with E-state index in [0.29, 0.717) is 5.56 Å². The fraction of sp³-hybridized carbons (Fsp3) is 0.485. The van der Waals surface area contributed by atoms with E-state index in [1.807, 2.05) is 5.32 Å².